The summed E-state index contributed by atoms with van der Waals surface area (Å²) in [5.41, 5.74) is 3.79. The molecule has 2 aliphatic rings. The Balaban J connectivity index is 1.73. The molecule has 1 aliphatic carbocycles. The number of hydrogen-bond acceptors (Lipinski definition) is 4. The summed E-state index contributed by atoms with van der Waals surface area (Å²) in [7, 11) is 1.46. The SMILES string of the molecule is COC(=O)CC(CC1CCB(C#N)CC1)c1cnc2c(c1)CCCC2. The van der Waals surface area contributed by atoms with Crippen LogP contribution in [0.5, 0.6) is 0 Å². The molecule has 0 spiro atoms. The Morgan fingerprint density at radius 2 is 2.16 bits per heavy atom. The van der Waals surface area contributed by atoms with Crippen LogP contribution in [0.15, 0.2) is 12.3 Å². The Kier molecular flexibility index (Phi) is 6.12. The molecule has 132 valence electrons. The van der Waals surface area contributed by atoms with Crippen LogP contribution in [-0.2, 0) is 22.4 Å². The molecule has 0 aromatic carbocycles. The van der Waals surface area contributed by atoms with Crippen molar-refractivity contribution in [1.82, 2.24) is 4.98 Å². The van der Waals surface area contributed by atoms with E-state index in [-0.39, 0.29) is 18.6 Å². The zero-order valence-electron chi connectivity index (χ0n) is 15.2. The van der Waals surface area contributed by atoms with Gasteiger partial charge in [-0.05, 0) is 55.1 Å². The molecule has 4 nitrogen and oxygen atoms in total. The summed E-state index contributed by atoms with van der Waals surface area (Å²) < 4.78 is 4.94. The molecule has 1 aromatic rings. The highest BCUT2D eigenvalue weighted by Crippen LogP contribution is 2.36. The lowest BCUT2D eigenvalue weighted by molar-refractivity contribution is -0.141. The van der Waals surface area contributed by atoms with Crippen LogP contribution in [0.3, 0.4) is 0 Å². The number of ether oxygens (including phenoxy) is 1. The molecule has 0 saturated carbocycles. The zero-order valence-corrected chi connectivity index (χ0v) is 15.2. The standard InChI is InChI=1S/C20H27BN2O2/c1-25-20(24)12-17(10-15-6-8-21(14-22)9-7-15)18-11-16-4-2-3-5-19(16)23-13-18/h11,13,15,17H,2-10,12H2,1H3. The molecule has 0 amide bonds. The second-order valence-corrected chi connectivity index (χ2v) is 7.64. The Labute approximate surface area is 151 Å². The second kappa shape index (κ2) is 8.51. The lowest BCUT2D eigenvalue weighted by atomic mass is 9.41. The summed E-state index contributed by atoms with van der Waals surface area (Å²) in [6.07, 6.45) is 12.2. The first-order valence-corrected chi connectivity index (χ1v) is 9.63. The van der Waals surface area contributed by atoms with Crippen LogP contribution in [-0.4, -0.2) is 24.8 Å². The summed E-state index contributed by atoms with van der Waals surface area (Å²) in [5.74, 6) is 3.03. The number of nitriles is 1. The number of rotatable bonds is 5. The van der Waals surface area contributed by atoms with E-state index in [0.717, 1.165) is 44.7 Å². The van der Waals surface area contributed by atoms with Crippen molar-refractivity contribution in [3.8, 4) is 5.97 Å². The van der Waals surface area contributed by atoms with Crippen molar-refractivity contribution in [3.05, 3.63) is 29.1 Å². The molecular formula is C20H27BN2O2. The van der Waals surface area contributed by atoms with Gasteiger partial charge in [0.2, 0.25) is 0 Å². The Bertz CT molecular complexity index is 648. The molecule has 3 rings (SSSR count). The van der Waals surface area contributed by atoms with Gasteiger partial charge >= 0.3 is 5.97 Å². The Morgan fingerprint density at radius 1 is 1.40 bits per heavy atom. The van der Waals surface area contributed by atoms with E-state index in [9.17, 15) is 4.79 Å². The average Bonchev–Trinajstić information content (AvgIpc) is 2.67. The number of nitrogens with zero attached hydrogens (tertiary/aromatic N) is 2. The Hall–Kier alpha value is -1.83. The number of aromatic nitrogens is 1. The van der Waals surface area contributed by atoms with Crippen molar-refractivity contribution in [3.63, 3.8) is 0 Å². The van der Waals surface area contributed by atoms with Gasteiger partial charge < -0.3 is 4.74 Å². The van der Waals surface area contributed by atoms with Crippen molar-refractivity contribution < 1.29 is 9.53 Å². The maximum atomic E-state index is 11.9. The summed E-state index contributed by atoms with van der Waals surface area (Å²) in [5, 5.41) is 9.08. The number of methoxy groups -OCH3 is 1. The molecule has 1 unspecified atom stereocenters. The summed E-state index contributed by atoms with van der Waals surface area (Å²) in [6.45, 7) is 0.223. The van der Waals surface area contributed by atoms with Crippen molar-refractivity contribution in [2.24, 2.45) is 5.92 Å². The summed E-state index contributed by atoms with van der Waals surface area (Å²) >= 11 is 0. The van der Waals surface area contributed by atoms with Gasteiger partial charge in [-0.1, -0.05) is 31.5 Å². The minimum absolute atomic E-state index is 0.145. The molecule has 25 heavy (non-hydrogen) atoms. The molecule has 2 heterocycles. The quantitative estimate of drug-likeness (QED) is 0.602. The van der Waals surface area contributed by atoms with Crippen LogP contribution in [0.1, 0.15) is 61.3 Å². The van der Waals surface area contributed by atoms with Crippen molar-refractivity contribution in [1.29, 1.82) is 5.26 Å². The minimum atomic E-state index is -0.145. The first-order valence-electron chi connectivity index (χ1n) is 9.63. The predicted octanol–water partition coefficient (Wildman–Crippen LogP) is 3.96. The van der Waals surface area contributed by atoms with Gasteiger partial charge in [-0.25, -0.2) is 5.26 Å². The number of aryl methyl sites for hydroxylation is 2. The van der Waals surface area contributed by atoms with Gasteiger partial charge in [-0.2, -0.15) is 0 Å². The topological polar surface area (TPSA) is 63.0 Å². The molecular weight excluding hydrogens is 311 g/mol. The maximum Gasteiger partial charge on any atom is 0.306 e. The number of pyridine rings is 1. The molecule has 1 saturated heterocycles. The predicted molar refractivity (Wildman–Crippen MR) is 98.6 cm³/mol. The van der Waals surface area contributed by atoms with E-state index in [1.807, 2.05) is 6.20 Å². The highest BCUT2D eigenvalue weighted by molar-refractivity contribution is 6.67. The number of carbonyl (C=O) groups is 1. The van der Waals surface area contributed by atoms with Crippen LogP contribution in [0.4, 0.5) is 0 Å². The summed E-state index contributed by atoms with van der Waals surface area (Å²) in [4.78, 5) is 16.6. The molecule has 1 aliphatic heterocycles. The molecule has 0 N–H and O–H groups in total. The van der Waals surface area contributed by atoms with Gasteiger partial charge in [0, 0.05) is 17.9 Å². The number of esters is 1. The molecule has 1 atom stereocenters. The van der Waals surface area contributed by atoms with Crippen molar-refractivity contribution in [2.75, 3.05) is 7.11 Å². The fourth-order valence-electron chi connectivity index (χ4n) is 4.38. The minimum Gasteiger partial charge on any atom is -0.469 e. The van der Waals surface area contributed by atoms with E-state index in [2.05, 4.69) is 12.0 Å². The summed E-state index contributed by atoms with van der Waals surface area (Å²) in [6, 6.07) is 2.29. The van der Waals surface area contributed by atoms with Crippen LogP contribution in [0.25, 0.3) is 0 Å². The van der Waals surface area contributed by atoms with Gasteiger partial charge in [0.15, 0.2) is 0 Å². The first-order chi connectivity index (χ1) is 12.2. The van der Waals surface area contributed by atoms with E-state index in [4.69, 9.17) is 15.0 Å². The fourth-order valence-corrected chi connectivity index (χ4v) is 4.38. The largest absolute Gasteiger partial charge is 0.469 e. The highest BCUT2D eigenvalue weighted by Gasteiger charge is 2.28. The molecule has 0 radical (unpaired) electrons. The fraction of sp³-hybridized carbons (Fsp3) is 0.650. The van der Waals surface area contributed by atoms with Crippen molar-refractivity contribution in [2.45, 2.75) is 69.9 Å². The van der Waals surface area contributed by atoms with E-state index in [1.165, 1.54) is 36.8 Å². The highest BCUT2D eigenvalue weighted by atomic mass is 16.5. The molecule has 1 fully saturated rings. The molecule has 5 heteroatoms. The van der Waals surface area contributed by atoms with Crippen molar-refractivity contribution >= 4 is 12.7 Å². The van der Waals surface area contributed by atoms with E-state index in [0.29, 0.717) is 12.3 Å². The third kappa shape index (κ3) is 4.63. The van der Waals surface area contributed by atoms with Crippen LogP contribution < -0.4 is 0 Å². The van der Waals surface area contributed by atoms with E-state index < -0.39 is 0 Å². The van der Waals surface area contributed by atoms with Crippen LogP contribution >= 0.6 is 0 Å². The monoisotopic (exact) mass is 338 g/mol. The third-order valence-corrected chi connectivity index (χ3v) is 5.95. The number of hydrogen-bond donors (Lipinski definition) is 0. The van der Waals surface area contributed by atoms with E-state index >= 15 is 0 Å². The van der Waals surface area contributed by atoms with Gasteiger partial charge in [-0.15, -0.1) is 0 Å². The lowest BCUT2D eigenvalue weighted by Crippen LogP contribution is -2.22. The average molecular weight is 338 g/mol. The van der Waals surface area contributed by atoms with Gasteiger partial charge in [-0.3, -0.25) is 9.78 Å². The zero-order chi connectivity index (χ0) is 17.6. The number of carbonyl (C=O) groups excluding carboxylic acids is 1. The first kappa shape index (κ1) is 18.0. The van der Waals surface area contributed by atoms with Crippen LogP contribution in [0.2, 0.25) is 12.6 Å². The van der Waals surface area contributed by atoms with E-state index in [1.54, 1.807) is 0 Å². The van der Waals surface area contributed by atoms with Gasteiger partial charge in [0.25, 0.3) is 6.71 Å². The number of fused-ring (bicyclic) bond motifs is 1. The second-order valence-electron chi connectivity index (χ2n) is 7.64. The van der Waals surface area contributed by atoms with Crippen LogP contribution in [0, 0.1) is 17.1 Å². The lowest BCUT2D eigenvalue weighted by Gasteiger charge is -2.28. The van der Waals surface area contributed by atoms with Gasteiger partial charge in [0.05, 0.1) is 13.5 Å². The molecule has 0 bridgehead atoms. The normalized spacial score (nSPS) is 19.0. The van der Waals surface area contributed by atoms with Gasteiger partial charge in [0.1, 0.15) is 0 Å². The smallest absolute Gasteiger partial charge is 0.306 e. The maximum absolute atomic E-state index is 11.9. The Morgan fingerprint density at radius 3 is 2.88 bits per heavy atom. The molecule has 1 aromatic heterocycles. The third-order valence-electron chi connectivity index (χ3n) is 5.95.